The summed E-state index contributed by atoms with van der Waals surface area (Å²) in [5.41, 5.74) is 1.89. The highest BCUT2D eigenvalue weighted by molar-refractivity contribution is 5.80. The van der Waals surface area contributed by atoms with Gasteiger partial charge in [-0.1, -0.05) is 12.8 Å². The first kappa shape index (κ1) is 13.1. The number of aryl methyl sites for hydroxylation is 1. The Morgan fingerprint density at radius 2 is 1.94 bits per heavy atom. The molecule has 0 atom stereocenters. The van der Waals surface area contributed by atoms with E-state index in [1.807, 2.05) is 18.3 Å². The average Bonchev–Trinajstić information content (AvgIpc) is 2.77. The summed E-state index contributed by atoms with van der Waals surface area (Å²) in [6.07, 6.45) is 7.91. The summed E-state index contributed by atoms with van der Waals surface area (Å²) < 4.78 is 2.11. The minimum Gasteiger partial charge on any atom is -0.396 e. The lowest BCUT2D eigenvalue weighted by Crippen LogP contribution is -1.97. The molecule has 2 N–H and O–H groups in total. The molecule has 0 amide bonds. The van der Waals surface area contributed by atoms with Crippen molar-refractivity contribution in [2.45, 2.75) is 38.8 Å². The summed E-state index contributed by atoms with van der Waals surface area (Å²) in [6.45, 7) is 1.25. The highest BCUT2D eigenvalue weighted by Gasteiger charge is 2.07. The van der Waals surface area contributed by atoms with E-state index >= 15 is 0 Å². The summed E-state index contributed by atoms with van der Waals surface area (Å²) in [7, 11) is 0. The molecule has 0 aliphatic rings. The van der Waals surface area contributed by atoms with Crippen molar-refractivity contribution in [2.24, 2.45) is 0 Å². The van der Waals surface area contributed by atoms with Crippen LogP contribution in [-0.2, 0) is 13.2 Å². The van der Waals surface area contributed by atoms with Crippen molar-refractivity contribution >= 4 is 11.0 Å². The SMILES string of the molecule is OCCCCCCn1cc(CO)c2cccnc21. The molecule has 0 saturated heterocycles. The van der Waals surface area contributed by atoms with Gasteiger partial charge in [0.25, 0.3) is 0 Å². The van der Waals surface area contributed by atoms with Crippen LogP contribution in [0.2, 0.25) is 0 Å². The van der Waals surface area contributed by atoms with Gasteiger partial charge in [0.1, 0.15) is 5.65 Å². The van der Waals surface area contributed by atoms with Gasteiger partial charge in [-0.3, -0.25) is 0 Å². The predicted octanol–water partition coefficient (Wildman–Crippen LogP) is 2.08. The van der Waals surface area contributed by atoms with Gasteiger partial charge in [-0.05, 0) is 25.0 Å². The third-order valence-electron chi connectivity index (χ3n) is 3.19. The summed E-state index contributed by atoms with van der Waals surface area (Å²) in [5, 5.41) is 19.1. The molecule has 0 unspecified atom stereocenters. The molecule has 0 spiro atoms. The first-order chi connectivity index (χ1) is 8.86. The monoisotopic (exact) mass is 248 g/mol. The lowest BCUT2D eigenvalue weighted by atomic mass is 10.2. The van der Waals surface area contributed by atoms with Gasteiger partial charge in [0, 0.05) is 36.5 Å². The zero-order valence-corrected chi connectivity index (χ0v) is 10.5. The molecule has 0 saturated carbocycles. The largest absolute Gasteiger partial charge is 0.396 e. The Kier molecular flexibility index (Phi) is 4.73. The van der Waals surface area contributed by atoms with Crippen LogP contribution in [0, 0.1) is 0 Å². The molecule has 4 heteroatoms. The number of unbranched alkanes of at least 4 members (excludes halogenated alkanes) is 3. The summed E-state index contributed by atoms with van der Waals surface area (Å²) >= 11 is 0. The number of aromatic nitrogens is 2. The first-order valence-corrected chi connectivity index (χ1v) is 6.51. The Hall–Kier alpha value is -1.39. The van der Waals surface area contributed by atoms with Gasteiger partial charge < -0.3 is 14.8 Å². The second-order valence-corrected chi connectivity index (χ2v) is 4.52. The van der Waals surface area contributed by atoms with Crippen molar-refractivity contribution in [1.29, 1.82) is 0 Å². The molecule has 2 aromatic rings. The number of aliphatic hydroxyl groups excluding tert-OH is 2. The quantitative estimate of drug-likeness (QED) is 0.738. The Bertz CT molecular complexity index is 493. The number of hydrogen-bond donors (Lipinski definition) is 2. The summed E-state index contributed by atoms with van der Waals surface area (Å²) in [6, 6.07) is 3.89. The maximum atomic E-state index is 9.32. The normalized spacial score (nSPS) is 11.2. The van der Waals surface area contributed by atoms with Crippen LogP contribution >= 0.6 is 0 Å². The van der Waals surface area contributed by atoms with E-state index in [1.165, 1.54) is 0 Å². The molecular weight excluding hydrogens is 228 g/mol. The van der Waals surface area contributed by atoms with Crippen molar-refractivity contribution in [3.05, 3.63) is 30.1 Å². The summed E-state index contributed by atoms with van der Waals surface area (Å²) in [4.78, 5) is 4.38. The van der Waals surface area contributed by atoms with E-state index in [-0.39, 0.29) is 13.2 Å². The van der Waals surface area contributed by atoms with E-state index in [0.29, 0.717) is 0 Å². The van der Waals surface area contributed by atoms with E-state index < -0.39 is 0 Å². The molecule has 0 aliphatic carbocycles. The van der Waals surface area contributed by atoms with Crippen LogP contribution in [0.5, 0.6) is 0 Å². The zero-order valence-electron chi connectivity index (χ0n) is 10.5. The molecule has 0 bridgehead atoms. The lowest BCUT2D eigenvalue weighted by Gasteiger charge is -2.04. The van der Waals surface area contributed by atoms with E-state index in [4.69, 9.17) is 5.11 Å². The molecule has 0 radical (unpaired) electrons. The first-order valence-electron chi connectivity index (χ1n) is 6.51. The van der Waals surface area contributed by atoms with Crippen molar-refractivity contribution in [3.8, 4) is 0 Å². The van der Waals surface area contributed by atoms with Gasteiger partial charge in [0.05, 0.1) is 6.61 Å². The van der Waals surface area contributed by atoms with Gasteiger partial charge in [-0.25, -0.2) is 4.98 Å². The smallest absolute Gasteiger partial charge is 0.140 e. The molecule has 0 fully saturated rings. The molecule has 98 valence electrons. The molecule has 4 nitrogen and oxygen atoms in total. The van der Waals surface area contributed by atoms with Crippen LogP contribution in [0.4, 0.5) is 0 Å². The number of hydrogen-bond acceptors (Lipinski definition) is 3. The van der Waals surface area contributed by atoms with Crippen molar-refractivity contribution in [1.82, 2.24) is 9.55 Å². The second kappa shape index (κ2) is 6.52. The molecule has 0 aliphatic heterocycles. The molecular formula is C14H20N2O2. The lowest BCUT2D eigenvalue weighted by molar-refractivity contribution is 0.281. The van der Waals surface area contributed by atoms with Crippen LogP contribution in [-0.4, -0.2) is 26.4 Å². The number of aliphatic hydroxyl groups is 2. The fourth-order valence-electron chi connectivity index (χ4n) is 2.24. The standard InChI is InChI=1S/C14H20N2O2/c17-9-4-2-1-3-8-16-10-12(11-18)13-6-5-7-15-14(13)16/h5-7,10,17-18H,1-4,8-9,11H2. The van der Waals surface area contributed by atoms with E-state index in [2.05, 4.69) is 9.55 Å². The van der Waals surface area contributed by atoms with Crippen LogP contribution in [0.15, 0.2) is 24.5 Å². The number of nitrogens with zero attached hydrogens (tertiary/aromatic N) is 2. The highest BCUT2D eigenvalue weighted by Crippen LogP contribution is 2.20. The number of fused-ring (bicyclic) bond motifs is 1. The third kappa shape index (κ3) is 2.89. The van der Waals surface area contributed by atoms with Crippen LogP contribution < -0.4 is 0 Å². The Balaban J connectivity index is 2.04. The van der Waals surface area contributed by atoms with Gasteiger partial charge in [0.2, 0.25) is 0 Å². The fourth-order valence-corrected chi connectivity index (χ4v) is 2.24. The molecule has 2 heterocycles. The fraction of sp³-hybridized carbons (Fsp3) is 0.500. The maximum Gasteiger partial charge on any atom is 0.140 e. The average molecular weight is 248 g/mol. The summed E-state index contributed by atoms with van der Waals surface area (Å²) in [5.74, 6) is 0. The Morgan fingerprint density at radius 3 is 2.72 bits per heavy atom. The molecule has 2 aromatic heterocycles. The highest BCUT2D eigenvalue weighted by atomic mass is 16.3. The minimum atomic E-state index is 0.0553. The van der Waals surface area contributed by atoms with E-state index in [1.54, 1.807) is 6.20 Å². The van der Waals surface area contributed by atoms with Crippen LogP contribution in [0.25, 0.3) is 11.0 Å². The molecule has 2 rings (SSSR count). The molecule has 0 aromatic carbocycles. The number of rotatable bonds is 7. The van der Waals surface area contributed by atoms with Gasteiger partial charge in [0.15, 0.2) is 0 Å². The predicted molar refractivity (Wildman–Crippen MR) is 71.2 cm³/mol. The zero-order chi connectivity index (χ0) is 12.8. The maximum absolute atomic E-state index is 9.32. The topological polar surface area (TPSA) is 58.3 Å². The van der Waals surface area contributed by atoms with Crippen LogP contribution in [0.1, 0.15) is 31.2 Å². The van der Waals surface area contributed by atoms with E-state index in [0.717, 1.165) is 48.8 Å². The van der Waals surface area contributed by atoms with Gasteiger partial charge in [-0.15, -0.1) is 0 Å². The van der Waals surface area contributed by atoms with Crippen molar-refractivity contribution < 1.29 is 10.2 Å². The van der Waals surface area contributed by atoms with Gasteiger partial charge in [-0.2, -0.15) is 0 Å². The second-order valence-electron chi connectivity index (χ2n) is 4.52. The van der Waals surface area contributed by atoms with Crippen molar-refractivity contribution in [2.75, 3.05) is 6.61 Å². The van der Waals surface area contributed by atoms with Crippen molar-refractivity contribution in [3.63, 3.8) is 0 Å². The third-order valence-corrected chi connectivity index (χ3v) is 3.19. The number of pyridine rings is 1. The van der Waals surface area contributed by atoms with Gasteiger partial charge >= 0.3 is 0 Å². The van der Waals surface area contributed by atoms with E-state index in [9.17, 15) is 5.11 Å². The minimum absolute atomic E-state index is 0.0553. The Morgan fingerprint density at radius 1 is 1.11 bits per heavy atom. The molecule has 18 heavy (non-hydrogen) atoms. The van der Waals surface area contributed by atoms with Crippen LogP contribution in [0.3, 0.4) is 0 Å². The Labute approximate surface area is 107 Å².